The van der Waals surface area contributed by atoms with E-state index >= 15 is 0 Å². The number of hydrogen-bond acceptors (Lipinski definition) is 1. The van der Waals surface area contributed by atoms with E-state index in [4.69, 9.17) is 29.1 Å². The summed E-state index contributed by atoms with van der Waals surface area (Å²) >= 11 is 0. The van der Waals surface area contributed by atoms with Crippen molar-refractivity contribution in [1.29, 1.82) is 0 Å². The van der Waals surface area contributed by atoms with Crippen LogP contribution in [-0.4, -0.2) is 0 Å². The Morgan fingerprint density at radius 2 is 0.979 bits per heavy atom. The molecule has 0 bridgehead atoms. The Labute approximate surface area is 317 Å². The molecular formula is C47H30O. The first-order valence-electron chi connectivity index (χ1n) is 28.4. The zero-order valence-corrected chi connectivity index (χ0v) is 24.1. The van der Waals surface area contributed by atoms with Crippen molar-refractivity contribution < 1.29 is 42.8 Å². The Morgan fingerprint density at radius 3 is 1.71 bits per heavy atom. The third kappa shape index (κ3) is 4.11. The van der Waals surface area contributed by atoms with Gasteiger partial charge >= 0.3 is 0 Å². The molecule has 1 nitrogen and oxygen atoms in total. The van der Waals surface area contributed by atoms with Gasteiger partial charge < -0.3 is 4.42 Å². The van der Waals surface area contributed by atoms with Crippen molar-refractivity contribution in [3.8, 4) is 22.3 Å². The first kappa shape index (κ1) is 11.2. The number of furan rings is 1. The normalized spacial score (nSPS) is 20.0. The third-order valence-corrected chi connectivity index (χ3v) is 8.07. The standard InChI is InChI=1S/C47H30O/c1-3-14-34-31(11-1)13-9-20-35(34)33-25-23-30(24-26-33)29-43-37-16-5-7-18-39(37)45(40-19-8-6-17-38(40)43)41-21-10-22-44-46(41)42-28-27-32-12-2-4-15-36(32)47(42)48-44/h1-28H,29H2/i1D,2D,3D,4D,5D,6D,7D,8D,9D,10D,11D,12D,13D,14D,15D,16D,17D,18D,19D,20D,21D,22D,23D,24D,25D,26D,27D,28D. The summed E-state index contributed by atoms with van der Waals surface area (Å²) in [5, 5.41) is -5.35. The maximum Gasteiger partial charge on any atom is 0.143 e. The molecule has 0 saturated carbocycles. The van der Waals surface area contributed by atoms with Crippen LogP contribution in [0.2, 0.25) is 0 Å². The summed E-state index contributed by atoms with van der Waals surface area (Å²) in [6.07, 6.45) is -0.940. The quantitative estimate of drug-likeness (QED) is 0.175. The molecule has 0 aliphatic heterocycles. The molecule has 0 fully saturated rings. The van der Waals surface area contributed by atoms with Gasteiger partial charge in [-0.25, -0.2) is 0 Å². The lowest BCUT2D eigenvalue weighted by Gasteiger charge is -2.18. The van der Waals surface area contributed by atoms with Crippen LogP contribution in [0.1, 0.15) is 49.5 Å². The van der Waals surface area contributed by atoms with Crippen LogP contribution in [0.4, 0.5) is 0 Å². The summed E-state index contributed by atoms with van der Waals surface area (Å²) in [6.45, 7) is 0. The molecule has 0 amide bonds. The van der Waals surface area contributed by atoms with Gasteiger partial charge in [-0.15, -0.1) is 0 Å². The predicted octanol–water partition coefficient (Wildman–Crippen LogP) is 13.1. The van der Waals surface area contributed by atoms with Gasteiger partial charge in [-0.2, -0.15) is 0 Å². The van der Waals surface area contributed by atoms with Gasteiger partial charge in [-0.1, -0.05) is 157 Å². The van der Waals surface area contributed by atoms with E-state index in [1.165, 1.54) is 0 Å². The van der Waals surface area contributed by atoms with E-state index in [9.17, 15) is 13.7 Å². The predicted molar refractivity (Wildman–Crippen MR) is 204 cm³/mol. The summed E-state index contributed by atoms with van der Waals surface area (Å²) in [4.78, 5) is 0. The maximum atomic E-state index is 9.52. The zero-order valence-electron chi connectivity index (χ0n) is 52.1. The van der Waals surface area contributed by atoms with Gasteiger partial charge in [0.25, 0.3) is 0 Å². The molecule has 0 spiro atoms. The van der Waals surface area contributed by atoms with Crippen molar-refractivity contribution >= 4 is 65.0 Å². The molecule has 1 aromatic heterocycles. The number of hydrogen-bond donors (Lipinski definition) is 0. The van der Waals surface area contributed by atoms with Crippen molar-refractivity contribution in [2.45, 2.75) is 6.42 Å². The summed E-state index contributed by atoms with van der Waals surface area (Å²) in [6, 6.07) is -24.1. The molecule has 0 aliphatic rings. The monoisotopic (exact) mass is 638 g/mol. The Morgan fingerprint density at radius 1 is 0.417 bits per heavy atom. The molecule has 48 heavy (non-hydrogen) atoms. The largest absolute Gasteiger partial charge is 0.455 e. The number of rotatable bonds is 4. The lowest BCUT2D eigenvalue weighted by Crippen LogP contribution is -1.96. The van der Waals surface area contributed by atoms with Crippen molar-refractivity contribution in [2.75, 3.05) is 0 Å². The molecule has 0 saturated heterocycles. The Hall–Kier alpha value is -6.18. The van der Waals surface area contributed by atoms with E-state index in [0.29, 0.717) is 0 Å². The van der Waals surface area contributed by atoms with Crippen molar-refractivity contribution in [3.05, 3.63) is 180 Å². The molecular weight excluding hydrogens is 581 g/mol. The van der Waals surface area contributed by atoms with E-state index in [2.05, 4.69) is 0 Å². The van der Waals surface area contributed by atoms with Gasteiger partial charge in [-0.3, -0.25) is 0 Å². The van der Waals surface area contributed by atoms with Gasteiger partial charge in [-0.05, 0) is 89.6 Å². The van der Waals surface area contributed by atoms with Crippen molar-refractivity contribution in [3.63, 3.8) is 0 Å². The summed E-state index contributed by atoms with van der Waals surface area (Å²) in [5.41, 5.74) is -4.78. The van der Waals surface area contributed by atoms with Crippen LogP contribution < -0.4 is 0 Å². The molecule has 0 aliphatic carbocycles. The fourth-order valence-corrected chi connectivity index (χ4v) is 6.01. The molecule has 10 rings (SSSR count). The highest BCUT2D eigenvalue weighted by atomic mass is 16.3. The van der Waals surface area contributed by atoms with Crippen LogP contribution in [0.3, 0.4) is 0 Å². The maximum absolute atomic E-state index is 9.52. The SMILES string of the molecule is [2H]c1c([2H])c(-c2c([2H])c([2H])c([2H])c3c([2H])c([2H])c([2H])c([2H])c23)c([2H])c([2H])c1Cc1c2c([2H])c([2H])c([2H])c([2H])c2c(-c2c([2H])c([2H])c([2H])c3oc4c5c([2H])c([2H])c([2H])c([2H])c5c([2H])c([2H])c4c23)c2c([2H])c([2H])c([2H])c([2H])c12. The van der Waals surface area contributed by atoms with Gasteiger partial charge in [0.2, 0.25) is 0 Å². The van der Waals surface area contributed by atoms with Crippen LogP contribution in [0, 0.1) is 0 Å². The highest BCUT2D eigenvalue weighted by Crippen LogP contribution is 2.45. The average Bonchev–Trinajstić information content (AvgIpc) is 3.84. The third-order valence-electron chi connectivity index (χ3n) is 8.07. The second-order valence-corrected chi connectivity index (χ2v) is 10.6. The lowest BCUT2D eigenvalue weighted by molar-refractivity contribution is 0.673. The van der Waals surface area contributed by atoms with Crippen LogP contribution in [0.5, 0.6) is 0 Å². The minimum atomic E-state index is -0.951. The van der Waals surface area contributed by atoms with Crippen LogP contribution >= 0.6 is 0 Å². The summed E-state index contributed by atoms with van der Waals surface area (Å²) < 4.78 is 257. The zero-order chi connectivity index (χ0) is 56.0. The molecule has 1 heterocycles. The lowest BCUT2D eigenvalue weighted by atomic mass is 9.85. The molecule has 0 N–H and O–H groups in total. The number of benzene rings is 9. The molecule has 224 valence electrons. The van der Waals surface area contributed by atoms with Gasteiger partial charge in [0.05, 0.1) is 38.4 Å². The van der Waals surface area contributed by atoms with Crippen molar-refractivity contribution in [1.82, 2.24) is 0 Å². The van der Waals surface area contributed by atoms with E-state index in [0.717, 1.165) is 0 Å². The van der Waals surface area contributed by atoms with Crippen LogP contribution in [-0.2, 0) is 6.42 Å². The topological polar surface area (TPSA) is 13.1 Å². The Balaban J connectivity index is 1.41. The van der Waals surface area contributed by atoms with E-state index in [1.54, 1.807) is 0 Å². The second-order valence-electron chi connectivity index (χ2n) is 10.6. The molecule has 0 unspecified atom stereocenters. The smallest absolute Gasteiger partial charge is 0.143 e. The minimum absolute atomic E-state index is 0.438. The first-order valence-corrected chi connectivity index (χ1v) is 14.4. The molecule has 1 heteroatoms. The van der Waals surface area contributed by atoms with Crippen molar-refractivity contribution in [2.24, 2.45) is 0 Å². The van der Waals surface area contributed by atoms with Crippen LogP contribution in [0.15, 0.2) is 174 Å². The minimum Gasteiger partial charge on any atom is -0.455 e. The number of fused-ring (bicyclic) bond motifs is 8. The summed E-state index contributed by atoms with van der Waals surface area (Å²) in [7, 11) is 0. The summed E-state index contributed by atoms with van der Waals surface area (Å²) in [5.74, 6) is 0. The second kappa shape index (κ2) is 10.7. The van der Waals surface area contributed by atoms with Gasteiger partial charge in [0.15, 0.2) is 0 Å². The van der Waals surface area contributed by atoms with Gasteiger partial charge in [0.1, 0.15) is 11.2 Å². The average molecular weight is 639 g/mol. The van der Waals surface area contributed by atoms with Gasteiger partial charge in [0, 0.05) is 16.2 Å². The highest BCUT2D eigenvalue weighted by molar-refractivity contribution is 6.24. The Bertz CT molecular complexity index is 4340. The molecule has 9 aromatic carbocycles. The fraction of sp³-hybridized carbons (Fsp3) is 0.0213. The first-order chi connectivity index (χ1) is 35.5. The van der Waals surface area contributed by atoms with Crippen LogP contribution in [0.25, 0.3) is 87.3 Å². The molecule has 0 atom stereocenters. The Kier molecular flexibility index (Phi) is 2.50. The van der Waals surface area contributed by atoms with E-state index < -0.39 is 274 Å². The van der Waals surface area contributed by atoms with E-state index in [1.807, 2.05) is 0 Å². The fourth-order valence-electron chi connectivity index (χ4n) is 6.01. The molecule has 10 aromatic rings. The highest BCUT2D eigenvalue weighted by Gasteiger charge is 2.20. The molecule has 0 radical (unpaired) electrons. The van der Waals surface area contributed by atoms with E-state index in [-0.39, 0.29) is 0 Å².